The second-order valence-electron chi connectivity index (χ2n) is 4.03. The Morgan fingerprint density at radius 2 is 2.06 bits per heavy atom. The Bertz CT molecular complexity index is 397. The summed E-state index contributed by atoms with van der Waals surface area (Å²) in [5, 5.41) is 7.64. The van der Waals surface area contributed by atoms with Crippen LogP contribution in [0.3, 0.4) is 0 Å². The number of amidine groups is 1. The molecule has 1 heterocycles. The highest BCUT2D eigenvalue weighted by Gasteiger charge is 2.15. The van der Waals surface area contributed by atoms with E-state index in [4.69, 9.17) is 11.1 Å². The van der Waals surface area contributed by atoms with E-state index in [2.05, 4.69) is 17.0 Å². The van der Waals surface area contributed by atoms with Gasteiger partial charge in [0.2, 0.25) is 0 Å². The smallest absolute Gasteiger partial charge is 0.124 e. The average Bonchev–Trinajstić information content (AvgIpc) is 2.30. The summed E-state index contributed by atoms with van der Waals surface area (Å²) in [6, 6.07) is 6.17. The number of hydrogen-bond acceptors (Lipinski definition) is 3. The van der Waals surface area contributed by atoms with Crippen LogP contribution < -0.4 is 10.6 Å². The van der Waals surface area contributed by atoms with Gasteiger partial charge in [0.05, 0.1) is 0 Å². The fraction of sp³-hybridized carbons (Fsp3) is 0.417. The average molecular weight is 235 g/mol. The third-order valence-corrected chi connectivity index (χ3v) is 3.74. The molecular formula is C12H17N3S. The van der Waals surface area contributed by atoms with E-state index in [0.29, 0.717) is 0 Å². The number of rotatable bonds is 2. The molecular weight excluding hydrogens is 218 g/mol. The minimum atomic E-state index is 0.164. The lowest BCUT2D eigenvalue weighted by atomic mass is 10.1. The number of nitrogens with two attached hydrogens (primary N) is 1. The molecule has 0 atom stereocenters. The molecule has 16 heavy (non-hydrogen) atoms. The van der Waals surface area contributed by atoms with Gasteiger partial charge in [-0.25, -0.2) is 0 Å². The van der Waals surface area contributed by atoms with E-state index in [0.717, 1.165) is 41.4 Å². The van der Waals surface area contributed by atoms with Crippen molar-refractivity contribution < 1.29 is 0 Å². The van der Waals surface area contributed by atoms with Gasteiger partial charge in [0.1, 0.15) is 5.84 Å². The number of nitrogen functional groups attached to an aromatic ring is 1. The van der Waals surface area contributed by atoms with Crippen molar-refractivity contribution in [3.05, 3.63) is 29.3 Å². The summed E-state index contributed by atoms with van der Waals surface area (Å²) in [6.45, 7) is 4.13. The van der Waals surface area contributed by atoms with Gasteiger partial charge in [-0.05, 0) is 19.1 Å². The standard InChI is InChI=1S/C12H17N3S/c1-9-2-3-11(10(8-9)12(13)14)15-4-6-16-7-5-15/h2-3,8H,4-7H2,1H3,(H3,13,14). The Labute approximate surface area is 101 Å². The highest BCUT2D eigenvalue weighted by molar-refractivity contribution is 7.99. The van der Waals surface area contributed by atoms with Gasteiger partial charge in [-0.1, -0.05) is 11.6 Å². The third kappa shape index (κ3) is 2.32. The third-order valence-electron chi connectivity index (χ3n) is 2.79. The molecule has 0 spiro atoms. The van der Waals surface area contributed by atoms with E-state index in [1.165, 1.54) is 0 Å². The van der Waals surface area contributed by atoms with Gasteiger partial charge in [-0.15, -0.1) is 0 Å². The van der Waals surface area contributed by atoms with Crippen LogP contribution in [0.4, 0.5) is 5.69 Å². The number of anilines is 1. The van der Waals surface area contributed by atoms with Crippen LogP contribution in [0.25, 0.3) is 0 Å². The Morgan fingerprint density at radius 1 is 1.38 bits per heavy atom. The molecule has 0 saturated carbocycles. The minimum Gasteiger partial charge on any atom is -0.384 e. The molecule has 1 aromatic carbocycles. The summed E-state index contributed by atoms with van der Waals surface area (Å²) in [4.78, 5) is 2.33. The molecule has 0 amide bonds. The summed E-state index contributed by atoms with van der Waals surface area (Å²) in [6.07, 6.45) is 0. The number of benzene rings is 1. The van der Waals surface area contributed by atoms with Gasteiger partial charge >= 0.3 is 0 Å². The molecule has 4 heteroatoms. The minimum absolute atomic E-state index is 0.164. The van der Waals surface area contributed by atoms with Crippen molar-refractivity contribution in [3.63, 3.8) is 0 Å². The predicted molar refractivity (Wildman–Crippen MR) is 71.7 cm³/mol. The zero-order chi connectivity index (χ0) is 11.5. The van der Waals surface area contributed by atoms with Crippen LogP contribution in [0.2, 0.25) is 0 Å². The first-order valence-corrected chi connectivity index (χ1v) is 6.61. The molecule has 1 aliphatic rings. The molecule has 1 fully saturated rings. The van der Waals surface area contributed by atoms with Gasteiger partial charge in [-0.2, -0.15) is 11.8 Å². The summed E-state index contributed by atoms with van der Waals surface area (Å²) in [5.74, 6) is 2.48. The number of nitrogens with zero attached hydrogens (tertiary/aromatic N) is 1. The maximum absolute atomic E-state index is 7.64. The number of hydrogen-bond donors (Lipinski definition) is 2. The first kappa shape index (κ1) is 11.3. The molecule has 1 aromatic rings. The summed E-state index contributed by atoms with van der Waals surface area (Å²) in [5.41, 5.74) is 8.77. The topological polar surface area (TPSA) is 53.1 Å². The molecule has 2 rings (SSSR count). The lowest BCUT2D eigenvalue weighted by Gasteiger charge is -2.30. The van der Waals surface area contributed by atoms with Crippen LogP contribution in [0.1, 0.15) is 11.1 Å². The Morgan fingerprint density at radius 3 is 2.69 bits per heavy atom. The van der Waals surface area contributed by atoms with E-state index in [-0.39, 0.29) is 5.84 Å². The van der Waals surface area contributed by atoms with Crippen LogP contribution in [0, 0.1) is 12.3 Å². The zero-order valence-corrected chi connectivity index (χ0v) is 10.3. The van der Waals surface area contributed by atoms with Crippen molar-refractivity contribution in [2.45, 2.75) is 6.92 Å². The van der Waals surface area contributed by atoms with Crippen molar-refractivity contribution in [2.75, 3.05) is 29.5 Å². The Kier molecular flexibility index (Phi) is 3.39. The lowest BCUT2D eigenvalue weighted by Crippen LogP contribution is -2.34. The normalized spacial score (nSPS) is 16.2. The molecule has 1 saturated heterocycles. The Hall–Kier alpha value is -1.16. The quantitative estimate of drug-likeness (QED) is 0.607. The summed E-state index contributed by atoms with van der Waals surface area (Å²) < 4.78 is 0. The molecule has 0 aromatic heterocycles. The van der Waals surface area contributed by atoms with Crippen LogP contribution in [-0.4, -0.2) is 30.4 Å². The number of nitrogens with one attached hydrogen (secondary N) is 1. The van der Waals surface area contributed by atoms with Gasteiger partial charge in [0.25, 0.3) is 0 Å². The van der Waals surface area contributed by atoms with Crippen LogP contribution in [-0.2, 0) is 0 Å². The highest BCUT2D eigenvalue weighted by Crippen LogP contribution is 2.24. The fourth-order valence-corrected chi connectivity index (χ4v) is 2.85. The second-order valence-corrected chi connectivity index (χ2v) is 5.26. The van der Waals surface area contributed by atoms with Crippen molar-refractivity contribution in [2.24, 2.45) is 5.73 Å². The van der Waals surface area contributed by atoms with E-state index < -0.39 is 0 Å². The molecule has 0 aliphatic carbocycles. The first-order valence-electron chi connectivity index (χ1n) is 5.46. The Balaban J connectivity index is 2.34. The van der Waals surface area contributed by atoms with Crippen LogP contribution >= 0.6 is 11.8 Å². The molecule has 0 bridgehead atoms. The van der Waals surface area contributed by atoms with Crippen molar-refractivity contribution in [1.82, 2.24) is 0 Å². The SMILES string of the molecule is Cc1ccc(N2CCSCC2)c(C(=N)N)c1. The zero-order valence-electron chi connectivity index (χ0n) is 9.49. The van der Waals surface area contributed by atoms with E-state index in [1.54, 1.807) is 0 Å². The van der Waals surface area contributed by atoms with Crippen molar-refractivity contribution >= 4 is 23.3 Å². The van der Waals surface area contributed by atoms with Gasteiger partial charge < -0.3 is 10.6 Å². The number of aryl methyl sites for hydroxylation is 1. The molecule has 86 valence electrons. The molecule has 1 aliphatic heterocycles. The molecule has 0 radical (unpaired) electrons. The molecule has 3 N–H and O–H groups in total. The molecule has 3 nitrogen and oxygen atoms in total. The van der Waals surface area contributed by atoms with Gasteiger partial charge in [0, 0.05) is 35.8 Å². The van der Waals surface area contributed by atoms with Crippen molar-refractivity contribution in [1.29, 1.82) is 5.41 Å². The van der Waals surface area contributed by atoms with Crippen LogP contribution in [0.15, 0.2) is 18.2 Å². The largest absolute Gasteiger partial charge is 0.384 e. The predicted octanol–water partition coefficient (Wildman–Crippen LogP) is 1.83. The maximum Gasteiger partial charge on any atom is 0.124 e. The van der Waals surface area contributed by atoms with E-state index in [1.807, 2.05) is 24.8 Å². The summed E-state index contributed by atoms with van der Waals surface area (Å²) >= 11 is 1.98. The van der Waals surface area contributed by atoms with Crippen molar-refractivity contribution in [3.8, 4) is 0 Å². The fourth-order valence-electron chi connectivity index (χ4n) is 1.95. The monoisotopic (exact) mass is 235 g/mol. The maximum atomic E-state index is 7.64. The summed E-state index contributed by atoms with van der Waals surface area (Å²) in [7, 11) is 0. The second kappa shape index (κ2) is 4.78. The molecule has 0 unspecified atom stereocenters. The van der Waals surface area contributed by atoms with Crippen LogP contribution in [0.5, 0.6) is 0 Å². The van der Waals surface area contributed by atoms with E-state index >= 15 is 0 Å². The lowest BCUT2D eigenvalue weighted by molar-refractivity contribution is 0.857. The first-order chi connectivity index (χ1) is 7.68. The van der Waals surface area contributed by atoms with Gasteiger partial charge in [0.15, 0.2) is 0 Å². The number of thioether (sulfide) groups is 1. The van der Waals surface area contributed by atoms with Gasteiger partial charge in [-0.3, -0.25) is 5.41 Å². The van der Waals surface area contributed by atoms with E-state index in [9.17, 15) is 0 Å². The highest BCUT2D eigenvalue weighted by atomic mass is 32.2.